The van der Waals surface area contributed by atoms with Crippen LogP contribution in [-0.2, 0) is 32.2 Å². The largest absolute Gasteiger partial charge is 0.397 e. The van der Waals surface area contributed by atoms with E-state index in [-0.39, 0.29) is 30.6 Å². The summed E-state index contributed by atoms with van der Waals surface area (Å²) in [7, 11) is 0. The highest BCUT2D eigenvalue weighted by atomic mass is 16.7. The van der Waals surface area contributed by atoms with Crippen molar-refractivity contribution < 1.29 is 24.2 Å². The van der Waals surface area contributed by atoms with Crippen molar-refractivity contribution in [1.82, 2.24) is 10.2 Å². The number of hydrogen-bond acceptors (Lipinski definition) is 7. The van der Waals surface area contributed by atoms with Crippen LogP contribution in [0, 0.1) is 0 Å². The molecular weight excluding hydrogens is 616 g/mol. The van der Waals surface area contributed by atoms with Crippen LogP contribution in [-0.4, -0.2) is 47.1 Å². The van der Waals surface area contributed by atoms with Gasteiger partial charge < -0.3 is 30.9 Å². The van der Waals surface area contributed by atoms with Gasteiger partial charge in [0.05, 0.1) is 30.2 Å². The average molecular weight is 669 g/mol. The third-order valence-electron chi connectivity index (χ3n) is 9.54. The second-order valence-electron chi connectivity index (χ2n) is 13.2. The number of amides is 2. The molecule has 262 valence electrons. The maximum absolute atomic E-state index is 12.5. The molecule has 0 aromatic heterocycles. The number of ether oxygens (including phenoxy) is 2. The van der Waals surface area contributed by atoms with Gasteiger partial charge in [-0.05, 0) is 54.5 Å². The molecule has 0 bridgehead atoms. The van der Waals surface area contributed by atoms with Crippen LogP contribution in [0.2, 0.25) is 0 Å². The molecule has 3 aromatic rings. The van der Waals surface area contributed by atoms with E-state index in [4.69, 9.17) is 15.2 Å². The number of hydrogen-bond donors (Lipinski definition) is 4. The standard InChI is InChI=1S/C40H52N4O5/c1-2-24-44(33-10-6-7-11-33)27-34-25-37(31-20-18-30(28-45)19-21-31)49-40(48-34)32-22-16-29(17-23-32)26-42-38(46)14-4-3-5-15-39(47)43-36-13-9-8-12-35(36)41/h2,8-9,12-13,16-23,33-34,37,40,45H,1,3-7,10-11,14-15,24-28,41H2,(H,42,46)(H,43,47)/t34-,37+,40+/m0/s1. The molecule has 5 N–H and O–H groups in total. The van der Waals surface area contributed by atoms with E-state index in [1.54, 1.807) is 12.1 Å². The summed E-state index contributed by atoms with van der Waals surface area (Å²) in [5.74, 6) is -0.0786. The molecule has 2 amide bonds. The molecule has 49 heavy (non-hydrogen) atoms. The fourth-order valence-corrected chi connectivity index (χ4v) is 6.76. The Morgan fingerprint density at radius 2 is 1.55 bits per heavy atom. The van der Waals surface area contributed by atoms with Gasteiger partial charge in [-0.15, -0.1) is 6.58 Å². The predicted molar refractivity (Wildman–Crippen MR) is 193 cm³/mol. The number of aliphatic hydroxyl groups excluding tert-OH is 1. The minimum absolute atomic E-state index is 0.00576. The number of nitrogens with zero attached hydrogens (tertiary/aromatic N) is 1. The average Bonchev–Trinajstić information content (AvgIpc) is 3.67. The molecule has 0 radical (unpaired) electrons. The van der Waals surface area contributed by atoms with Crippen LogP contribution < -0.4 is 16.4 Å². The molecule has 5 rings (SSSR count). The topological polar surface area (TPSA) is 126 Å². The normalized spacial score (nSPS) is 19.5. The fourth-order valence-electron chi connectivity index (χ4n) is 6.76. The molecule has 0 unspecified atom stereocenters. The number of aliphatic hydroxyl groups is 1. The molecule has 1 aliphatic heterocycles. The first-order valence-electron chi connectivity index (χ1n) is 17.8. The summed E-state index contributed by atoms with van der Waals surface area (Å²) in [5.41, 5.74) is 10.9. The smallest absolute Gasteiger partial charge is 0.224 e. The van der Waals surface area contributed by atoms with Crippen molar-refractivity contribution in [2.45, 2.75) is 102 Å². The van der Waals surface area contributed by atoms with E-state index in [1.807, 2.05) is 66.7 Å². The van der Waals surface area contributed by atoms with Gasteiger partial charge in [0, 0.05) is 50.5 Å². The van der Waals surface area contributed by atoms with Crippen molar-refractivity contribution in [3.8, 4) is 0 Å². The molecule has 1 aliphatic carbocycles. The van der Waals surface area contributed by atoms with Crippen LogP contribution in [0.25, 0.3) is 0 Å². The highest BCUT2D eigenvalue weighted by Gasteiger charge is 2.34. The third-order valence-corrected chi connectivity index (χ3v) is 9.54. The first-order chi connectivity index (χ1) is 23.9. The number of nitrogens with two attached hydrogens (primary N) is 1. The van der Waals surface area contributed by atoms with Gasteiger partial charge in [-0.2, -0.15) is 0 Å². The molecular formula is C40H52N4O5. The van der Waals surface area contributed by atoms with Gasteiger partial charge in [0.1, 0.15) is 0 Å². The summed E-state index contributed by atoms with van der Waals surface area (Å²) < 4.78 is 13.2. The molecule has 3 aromatic carbocycles. The van der Waals surface area contributed by atoms with E-state index in [0.717, 1.165) is 54.6 Å². The number of para-hydroxylation sites is 2. The molecule has 1 saturated heterocycles. The Morgan fingerprint density at radius 3 is 2.24 bits per heavy atom. The monoisotopic (exact) mass is 668 g/mol. The Bertz CT molecular complexity index is 1490. The fraction of sp³-hybridized carbons (Fsp3) is 0.450. The van der Waals surface area contributed by atoms with Gasteiger partial charge in [0.25, 0.3) is 0 Å². The highest BCUT2D eigenvalue weighted by molar-refractivity contribution is 5.93. The molecule has 2 fully saturated rings. The summed E-state index contributed by atoms with van der Waals surface area (Å²) in [6, 6.07) is 23.8. The first-order valence-corrected chi connectivity index (χ1v) is 17.8. The van der Waals surface area contributed by atoms with E-state index in [0.29, 0.717) is 43.2 Å². The zero-order valence-corrected chi connectivity index (χ0v) is 28.5. The number of rotatable bonds is 17. The highest BCUT2D eigenvalue weighted by Crippen LogP contribution is 2.39. The van der Waals surface area contributed by atoms with Gasteiger partial charge >= 0.3 is 0 Å². The predicted octanol–water partition coefficient (Wildman–Crippen LogP) is 6.94. The lowest BCUT2D eigenvalue weighted by molar-refractivity contribution is -0.253. The first kappa shape index (κ1) is 36.3. The number of unbranched alkanes of at least 4 members (excludes halogenated alkanes) is 2. The maximum Gasteiger partial charge on any atom is 0.224 e. The number of benzene rings is 3. The Morgan fingerprint density at radius 1 is 0.878 bits per heavy atom. The molecule has 9 nitrogen and oxygen atoms in total. The Kier molecular flexibility index (Phi) is 13.8. The number of nitrogen functional groups attached to an aromatic ring is 1. The van der Waals surface area contributed by atoms with Gasteiger partial charge in [0.15, 0.2) is 6.29 Å². The summed E-state index contributed by atoms with van der Waals surface area (Å²) >= 11 is 0. The van der Waals surface area contributed by atoms with E-state index in [1.165, 1.54) is 25.7 Å². The van der Waals surface area contributed by atoms with Crippen molar-refractivity contribution in [2.24, 2.45) is 0 Å². The van der Waals surface area contributed by atoms with E-state index >= 15 is 0 Å². The summed E-state index contributed by atoms with van der Waals surface area (Å²) in [5, 5.41) is 15.4. The lowest BCUT2D eigenvalue weighted by atomic mass is 9.99. The summed E-state index contributed by atoms with van der Waals surface area (Å²) in [6.45, 7) is 6.12. The van der Waals surface area contributed by atoms with Crippen LogP contribution in [0.5, 0.6) is 0 Å². The van der Waals surface area contributed by atoms with Gasteiger partial charge in [0.2, 0.25) is 11.8 Å². The van der Waals surface area contributed by atoms with E-state index < -0.39 is 6.29 Å². The number of nitrogens with one attached hydrogen (secondary N) is 2. The molecule has 9 heteroatoms. The zero-order valence-electron chi connectivity index (χ0n) is 28.5. The Balaban J connectivity index is 1.10. The molecule has 3 atom stereocenters. The molecule has 1 saturated carbocycles. The Labute approximate surface area is 290 Å². The van der Waals surface area contributed by atoms with Gasteiger partial charge in [-0.3, -0.25) is 14.5 Å². The van der Waals surface area contributed by atoms with E-state index in [2.05, 4.69) is 22.1 Å². The number of anilines is 2. The van der Waals surface area contributed by atoms with Gasteiger partial charge in [-0.1, -0.05) is 86.0 Å². The molecule has 2 aliphatic rings. The van der Waals surface area contributed by atoms with Crippen molar-refractivity contribution in [2.75, 3.05) is 24.1 Å². The van der Waals surface area contributed by atoms with Crippen LogP contribution in [0.3, 0.4) is 0 Å². The summed E-state index contributed by atoms with van der Waals surface area (Å²) in [4.78, 5) is 27.2. The molecule has 0 spiro atoms. The van der Waals surface area contributed by atoms with Gasteiger partial charge in [-0.25, -0.2) is 0 Å². The number of carbonyl (C=O) groups excluding carboxylic acids is 2. The van der Waals surface area contributed by atoms with Crippen molar-refractivity contribution >= 4 is 23.2 Å². The van der Waals surface area contributed by atoms with Crippen LogP contribution >= 0.6 is 0 Å². The van der Waals surface area contributed by atoms with Crippen molar-refractivity contribution in [3.05, 3.63) is 108 Å². The lowest BCUT2D eigenvalue weighted by Gasteiger charge is -2.39. The lowest BCUT2D eigenvalue weighted by Crippen LogP contribution is -2.43. The van der Waals surface area contributed by atoms with Crippen LogP contribution in [0.15, 0.2) is 85.5 Å². The van der Waals surface area contributed by atoms with Crippen LogP contribution in [0.4, 0.5) is 11.4 Å². The SMILES string of the molecule is C=CCN(C[C@@H]1C[C@H](c2ccc(CO)cc2)O[C@H](c2ccc(CNC(=O)CCCCCC(=O)Nc3ccccc3N)cc2)O1)C1CCCC1. The Hall–Kier alpha value is -4.02. The van der Waals surface area contributed by atoms with E-state index in [9.17, 15) is 14.7 Å². The summed E-state index contributed by atoms with van der Waals surface area (Å²) in [6.07, 6.45) is 10.1. The second kappa shape index (κ2) is 18.7. The minimum Gasteiger partial charge on any atom is -0.397 e. The van der Waals surface area contributed by atoms with Crippen LogP contribution in [0.1, 0.15) is 98.9 Å². The number of carbonyl (C=O) groups is 2. The quantitative estimate of drug-likeness (QED) is 0.0697. The molecule has 1 heterocycles. The van der Waals surface area contributed by atoms with Crippen molar-refractivity contribution in [1.29, 1.82) is 0 Å². The van der Waals surface area contributed by atoms with Crippen molar-refractivity contribution in [3.63, 3.8) is 0 Å². The second-order valence-corrected chi connectivity index (χ2v) is 13.2. The minimum atomic E-state index is -0.522. The zero-order chi connectivity index (χ0) is 34.4. The third kappa shape index (κ3) is 11.0. The maximum atomic E-state index is 12.5.